The van der Waals surface area contributed by atoms with Gasteiger partial charge >= 0.3 is 0 Å². The van der Waals surface area contributed by atoms with E-state index in [-0.39, 0.29) is 39.5 Å². The Morgan fingerprint density at radius 2 is 1.79 bits per heavy atom. The number of nitrogens with zero attached hydrogens (tertiary/aromatic N) is 2. The molecule has 0 aliphatic rings. The van der Waals surface area contributed by atoms with E-state index < -0.39 is 21.1 Å². The van der Waals surface area contributed by atoms with Crippen LogP contribution in [0, 0.1) is 5.82 Å². The lowest BCUT2D eigenvalue weighted by Gasteiger charge is -2.23. The molecule has 0 saturated heterocycles. The van der Waals surface area contributed by atoms with Crippen molar-refractivity contribution in [2.24, 2.45) is 0 Å². The lowest BCUT2D eigenvalue weighted by Crippen LogP contribution is -2.30. The van der Waals surface area contributed by atoms with E-state index in [1.54, 1.807) is 26.8 Å². The van der Waals surface area contributed by atoms with Crippen molar-refractivity contribution in [3.8, 4) is 0 Å². The van der Waals surface area contributed by atoms with Crippen molar-refractivity contribution < 1.29 is 22.4 Å². The zero-order valence-corrected chi connectivity index (χ0v) is 20.4. The zero-order valence-electron chi connectivity index (χ0n) is 18.8. The molecule has 3 rings (SSSR count). The quantitative estimate of drug-likeness (QED) is 0.456. The number of benzene rings is 1. The van der Waals surface area contributed by atoms with Crippen LogP contribution in [0.3, 0.4) is 0 Å². The highest BCUT2D eigenvalue weighted by molar-refractivity contribution is 7.91. The van der Waals surface area contributed by atoms with Crippen LogP contribution >= 0.6 is 11.6 Å². The fourth-order valence-electron chi connectivity index (χ4n) is 3.17. The van der Waals surface area contributed by atoms with E-state index in [1.165, 1.54) is 48.8 Å². The number of hydrogen-bond donors (Lipinski definition) is 1. The molecule has 0 spiro atoms. The summed E-state index contributed by atoms with van der Waals surface area (Å²) in [5.74, 6) is -1.27. The van der Waals surface area contributed by atoms with E-state index in [1.807, 2.05) is 0 Å². The van der Waals surface area contributed by atoms with Gasteiger partial charge < -0.3 is 5.32 Å². The van der Waals surface area contributed by atoms with E-state index in [2.05, 4.69) is 15.3 Å². The molecule has 0 atom stereocenters. The van der Waals surface area contributed by atoms with Crippen LogP contribution in [0.4, 0.5) is 10.1 Å². The van der Waals surface area contributed by atoms with Gasteiger partial charge in [-0.1, -0.05) is 24.6 Å². The smallest absolute Gasteiger partial charge is 0.230 e. The number of Topliss-reactive ketones (excluding diaryl/α,β-unsaturated/α-hetero) is 1. The Hall–Kier alpha value is -3.17. The number of hydrogen-bond acceptors (Lipinski definition) is 6. The maximum atomic E-state index is 13.5. The molecule has 0 aliphatic carbocycles. The van der Waals surface area contributed by atoms with Crippen molar-refractivity contribution in [2.75, 3.05) is 11.1 Å². The van der Waals surface area contributed by atoms with Gasteiger partial charge in [0.15, 0.2) is 15.6 Å². The molecule has 0 saturated carbocycles. The number of rotatable bonds is 8. The van der Waals surface area contributed by atoms with Crippen LogP contribution in [0.2, 0.25) is 5.02 Å². The normalized spacial score (nSPS) is 11.8. The molecule has 178 valence electrons. The van der Waals surface area contributed by atoms with Gasteiger partial charge in [-0.15, -0.1) is 0 Å². The second-order valence-electron chi connectivity index (χ2n) is 8.13. The molecule has 0 bridgehead atoms. The standard InChI is InChI=1S/C24H23ClFN3O4S/c1-4-34(32,33)18-8-6-16(27-14-18)12-22(30)29-17-7-10-21(28-13-17)23(31)24(2,3)15-5-9-20(26)19(25)11-15/h5-11,13-14H,4,12H2,1-3H3,(H,29,30). The van der Waals surface area contributed by atoms with Crippen LogP contribution in [0.15, 0.2) is 59.8 Å². The highest BCUT2D eigenvalue weighted by atomic mass is 35.5. The summed E-state index contributed by atoms with van der Waals surface area (Å²) in [5, 5.41) is 2.60. The number of nitrogens with one attached hydrogen (secondary N) is 1. The summed E-state index contributed by atoms with van der Waals surface area (Å²) in [6.07, 6.45) is 2.54. The van der Waals surface area contributed by atoms with Gasteiger partial charge in [0.1, 0.15) is 11.5 Å². The third kappa shape index (κ3) is 5.66. The minimum atomic E-state index is -3.36. The second kappa shape index (κ2) is 9.99. The highest BCUT2D eigenvalue weighted by Crippen LogP contribution is 2.30. The van der Waals surface area contributed by atoms with E-state index in [0.717, 1.165) is 0 Å². The van der Waals surface area contributed by atoms with E-state index in [9.17, 15) is 22.4 Å². The maximum absolute atomic E-state index is 13.5. The number of carbonyl (C=O) groups excluding carboxylic acids is 2. The first-order valence-electron chi connectivity index (χ1n) is 10.4. The molecule has 2 heterocycles. The van der Waals surface area contributed by atoms with Crippen molar-refractivity contribution in [1.29, 1.82) is 0 Å². The molecule has 3 aromatic rings. The van der Waals surface area contributed by atoms with Crippen molar-refractivity contribution in [3.63, 3.8) is 0 Å². The summed E-state index contributed by atoms with van der Waals surface area (Å²) in [5.41, 5.74) is 0.519. The zero-order chi connectivity index (χ0) is 25.1. The predicted molar refractivity (Wildman–Crippen MR) is 127 cm³/mol. The van der Waals surface area contributed by atoms with Crippen LogP contribution in [0.25, 0.3) is 0 Å². The van der Waals surface area contributed by atoms with Gasteiger partial charge in [-0.25, -0.2) is 12.8 Å². The van der Waals surface area contributed by atoms with Gasteiger partial charge in [0.25, 0.3) is 0 Å². The fourth-order valence-corrected chi connectivity index (χ4v) is 4.18. The summed E-state index contributed by atoms with van der Waals surface area (Å²) in [6.45, 7) is 4.93. The molecule has 0 radical (unpaired) electrons. The molecule has 10 heteroatoms. The van der Waals surface area contributed by atoms with E-state index in [4.69, 9.17) is 11.6 Å². The van der Waals surface area contributed by atoms with Gasteiger partial charge in [-0.2, -0.15) is 0 Å². The van der Waals surface area contributed by atoms with Crippen molar-refractivity contribution in [2.45, 2.75) is 37.5 Å². The number of ketones is 1. The van der Waals surface area contributed by atoms with Crippen molar-refractivity contribution in [3.05, 3.63) is 82.6 Å². The Kier molecular flexibility index (Phi) is 7.48. The van der Waals surface area contributed by atoms with Crippen LogP contribution in [-0.2, 0) is 26.5 Å². The summed E-state index contributed by atoms with van der Waals surface area (Å²) in [6, 6.07) is 10.1. The minimum Gasteiger partial charge on any atom is -0.324 e. The molecule has 2 aromatic heterocycles. The molecule has 0 fully saturated rings. The van der Waals surface area contributed by atoms with Gasteiger partial charge in [0.05, 0.1) is 39.4 Å². The molecule has 1 aromatic carbocycles. The first-order chi connectivity index (χ1) is 15.9. The third-order valence-corrected chi connectivity index (χ3v) is 7.38. The Labute approximate surface area is 202 Å². The van der Waals surface area contributed by atoms with Crippen molar-refractivity contribution >= 4 is 38.8 Å². The number of carbonyl (C=O) groups is 2. The minimum absolute atomic E-state index is 0.0329. The Morgan fingerprint density at radius 3 is 2.35 bits per heavy atom. The van der Waals surface area contributed by atoms with Gasteiger partial charge in [0, 0.05) is 11.9 Å². The molecular weight excluding hydrogens is 481 g/mol. The number of sulfone groups is 1. The number of amides is 1. The maximum Gasteiger partial charge on any atom is 0.230 e. The Morgan fingerprint density at radius 1 is 1.06 bits per heavy atom. The first kappa shape index (κ1) is 25.5. The highest BCUT2D eigenvalue weighted by Gasteiger charge is 2.32. The average Bonchev–Trinajstić information content (AvgIpc) is 2.81. The largest absolute Gasteiger partial charge is 0.324 e. The summed E-state index contributed by atoms with van der Waals surface area (Å²) >= 11 is 5.86. The number of anilines is 1. The Balaban J connectivity index is 1.66. The molecule has 7 nitrogen and oxygen atoms in total. The van der Waals surface area contributed by atoms with Crippen LogP contribution < -0.4 is 5.32 Å². The first-order valence-corrected chi connectivity index (χ1v) is 12.4. The molecule has 1 amide bonds. The monoisotopic (exact) mass is 503 g/mol. The second-order valence-corrected chi connectivity index (χ2v) is 10.8. The molecule has 1 N–H and O–H groups in total. The Bertz CT molecular complexity index is 1330. The van der Waals surface area contributed by atoms with Gasteiger partial charge in [-0.3, -0.25) is 19.6 Å². The fraction of sp³-hybridized carbons (Fsp3) is 0.250. The van der Waals surface area contributed by atoms with Gasteiger partial charge in [-0.05, 0) is 55.8 Å². The predicted octanol–water partition coefficient (Wildman–Crippen LogP) is 4.40. The molecule has 34 heavy (non-hydrogen) atoms. The number of halogens is 2. The lowest BCUT2D eigenvalue weighted by atomic mass is 9.79. The van der Waals surface area contributed by atoms with Crippen LogP contribution in [0.5, 0.6) is 0 Å². The third-order valence-electron chi connectivity index (χ3n) is 5.37. The topological polar surface area (TPSA) is 106 Å². The molecule has 0 unspecified atom stereocenters. The van der Waals surface area contributed by atoms with E-state index in [0.29, 0.717) is 16.9 Å². The van der Waals surface area contributed by atoms with Crippen molar-refractivity contribution in [1.82, 2.24) is 9.97 Å². The van der Waals surface area contributed by atoms with Gasteiger partial charge in [0.2, 0.25) is 5.91 Å². The molecule has 0 aliphatic heterocycles. The SMILES string of the molecule is CCS(=O)(=O)c1ccc(CC(=O)Nc2ccc(C(=O)C(C)(C)c3ccc(F)c(Cl)c3)nc2)nc1. The number of aromatic nitrogens is 2. The lowest BCUT2D eigenvalue weighted by molar-refractivity contribution is -0.115. The van der Waals surface area contributed by atoms with E-state index >= 15 is 0 Å². The average molecular weight is 504 g/mol. The molecular formula is C24H23ClFN3O4S. The van der Waals surface area contributed by atoms with Crippen LogP contribution in [0.1, 0.15) is 42.5 Å². The summed E-state index contributed by atoms with van der Waals surface area (Å²) in [4.78, 5) is 33.7. The van der Waals surface area contributed by atoms with Crippen LogP contribution in [-0.4, -0.2) is 35.8 Å². The number of pyridine rings is 2. The summed E-state index contributed by atoms with van der Waals surface area (Å²) < 4.78 is 37.2. The summed E-state index contributed by atoms with van der Waals surface area (Å²) in [7, 11) is -3.36.